The third-order valence-corrected chi connectivity index (χ3v) is 3.65. The number of benzene rings is 2. The standard InChI is InChI=1S/C18H22ClNO2.ClH/c1-13(2)20-11-14-8-9-17(18(10-14)21-3)22-12-15-6-4-5-7-16(15)19;/h4-10,13,20H,11-12H2,1-3H3;1H. The van der Waals surface area contributed by atoms with Crippen LogP contribution >= 0.6 is 24.0 Å². The second-order valence-electron chi connectivity index (χ2n) is 5.40. The zero-order valence-corrected chi connectivity index (χ0v) is 15.2. The fourth-order valence-electron chi connectivity index (χ4n) is 2.03. The lowest BCUT2D eigenvalue weighted by Crippen LogP contribution is -2.21. The molecule has 3 nitrogen and oxygen atoms in total. The average molecular weight is 356 g/mol. The molecular weight excluding hydrogens is 333 g/mol. The van der Waals surface area contributed by atoms with Crippen LogP contribution in [0.15, 0.2) is 42.5 Å². The topological polar surface area (TPSA) is 30.5 Å². The van der Waals surface area contributed by atoms with Crippen LogP contribution in [0, 0.1) is 0 Å². The molecule has 0 spiro atoms. The maximum atomic E-state index is 6.14. The van der Waals surface area contributed by atoms with Crippen molar-refractivity contribution in [2.45, 2.75) is 33.0 Å². The van der Waals surface area contributed by atoms with E-state index in [0.717, 1.165) is 29.2 Å². The molecule has 23 heavy (non-hydrogen) atoms. The van der Waals surface area contributed by atoms with Crippen molar-refractivity contribution in [1.29, 1.82) is 0 Å². The fourth-order valence-corrected chi connectivity index (χ4v) is 2.22. The molecule has 0 saturated carbocycles. The van der Waals surface area contributed by atoms with Gasteiger partial charge in [0.2, 0.25) is 0 Å². The van der Waals surface area contributed by atoms with E-state index in [1.54, 1.807) is 7.11 Å². The summed E-state index contributed by atoms with van der Waals surface area (Å²) < 4.78 is 11.3. The van der Waals surface area contributed by atoms with Gasteiger partial charge in [-0.25, -0.2) is 0 Å². The van der Waals surface area contributed by atoms with Gasteiger partial charge in [-0.15, -0.1) is 12.4 Å². The average Bonchev–Trinajstić information content (AvgIpc) is 2.52. The van der Waals surface area contributed by atoms with E-state index < -0.39 is 0 Å². The molecule has 0 amide bonds. The van der Waals surface area contributed by atoms with E-state index in [1.165, 1.54) is 0 Å². The van der Waals surface area contributed by atoms with Crippen LogP contribution in [0.25, 0.3) is 0 Å². The molecule has 0 aliphatic heterocycles. The third kappa shape index (κ3) is 5.94. The zero-order valence-electron chi connectivity index (χ0n) is 13.6. The number of methoxy groups -OCH3 is 1. The van der Waals surface area contributed by atoms with Crippen molar-refractivity contribution in [3.05, 3.63) is 58.6 Å². The summed E-state index contributed by atoms with van der Waals surface area (Å²) in [6, 6.07) is 14.1. The second-order valence-corrected chi connectivity index (χ2v) is 5.81. The summed E-state index contributed by atoms with van der Waals surface area (Å²) in [4.78, 5) is 0. The second kappa shape index (κ2) is 9.66. The van der Waals surface area contributed by atoms with Gasteiger partial charge in [-0.2, -0.15) is 0 Å². The highest BCUT2D eigenvalue weighted by molar-refractivity contribution is 6.31. The van der Waals surface area contributed by atoms with Crippen LogP contribution in [0.1, 0.15) is 25.0 Å². The van der Waals surface area contributed by atoms with Gasteiger partial charge in [-0.05, 0) is 23.8 Å². The number of hydrogen-bond acceptors (Lipinski definition) is 3. The van der Waals surface area contributed by atoms with Crippen LogP contribution in [0.5, 0.6) is 11.5 Å². The van der Waals surface area contributed by atoms with Gasteiger partial charge in [-0.1, -0.05) is 49.7 Å². The van der Waals surface area contributed by atoms with Gasteiger partial charge in [0.1, 0.15) is 6.61 Å². The highest BCUT2D eigenvalue weighted by Gasteiger charge is 2.08. The summed E-state index contributed by atoms with van der Waals surface area (Å²) in [5, 5.41) is 4.09. The maximum Gasteiger partial charge on any atom is 0.161 e. The monoisotopic (exact) mass is 355 g/mol. The van der Waals surface area contributed by atoms with Gasteiger partial charge in [0.15, 0.2) is 11.5 Å². The van der Waals surface area contributed by atoms with E-state index in [-0.39, 0.29) is 12.4 Å². The SMILES string of the molecule is COc1cc(CNC(C)C)ccc1OCc1ccccc1Cl.Cl. The summed E-state index contributed by atoms with van der Waals surface area (Å²) >= 11 is 6.14. The zero-order chi connectivity index (χ0) is 15.9. The van der Waals surface area contributed by atoms with Crippen LogP contribution in [0.4, 0.5) is 0 Å². The molecular formula is C18H23Cl2NO2. The minimum absolute atomic E-state index is 0. The molecule has 0 fully saturated rings. The summed E-state index contributed by atoms with van der Waals surface area (Å²) in [5.41, 5.74) is 2.12. The Bertz CT molecular complexity index is 618. The van der Waals surface area contributed by atoms with Gasteiger partial charge in [0, 0.05) is 23.2 Å². The molecule has 0 aliphatic carbocycles. The van der Waals surface area contributed by atoms with Crippen molar-refractivity contribution in [2.75, 3.05) is 7.11 Å². The maximum absolute atomic E-state index is 6.14. The third-order valence-electron chi connectivity index (χ3n) is 3.28. The first-order valence-corrected chi connectivity index (χ1v) is 7.74. The summed E-state index contributed by atoms with van der Waals surface area (Å²) in [7, 11) is 1.65. The van der Waals surface area contributed by atoms with E-state index in [4.69, 9.17) is 21.1 Å². The van der Waals surface area contributed by atoms with E-state index in [1.807, 2.05) is 42.5 Å². The lowest BCUT2D eigenvalue weighted by Gasteiger charge is -2.14. The largest absolute Gasteiger partial charge is 0.493 e. The Kier molecular flexibility index (Phi) is 8.24. The van der Waals surface area contributed by atoms with E-state index in [2.05, 4.69) is 19.2 Å². The molecule has 0 radical (unpaired) electrons. The lowest BCUT2D eigenvalue weighted by atomic mass is 10.2. The number of halogens is 2. The van der Waals surface area contributed by atoms with Gasteiger partial charge in [-0.3, -0.25) is 0 Å². The van der Waals surface area contributed by atoms with Crippen molar-refractivity contribution in [1.82, 2.24) is 5.32 Å². The quantitative estimate of drug-likeness (QED) is 0.770. The van der Waals surface area contributed by atoms with Crippen molar-refractivity contribution in [3.8, 4) is 11.5 Å². The molecule has 0 aromatic heterocycles. The highest BCUT2D eigenvalue weighted by atomic mass is 35.5. The van der Waals surface area contributed by atoms with E-state index >= 15 is 0 Å². The number of ether oxygens (including phenoxy) is 2. The summed E-state index contributed by atoms with van der Waals surface area (Å²) in [6.07, 6.45) is 0. The Morgan fingerprint density at radius 2 is 1.83 bits per heavy atom. The highest BCUT2D eigenvalue weighted by Crippen LogP contribution is 2.29. The Morgan fingerprint density at radius 3 is 2.48 bits per heavy atom. The Labute approximate surface area is 149 Å². The molecule has 2 aromatic carbocycles. The van der Waals surface area contributed by atoms with Gasteiger partial charge < -0.3 is 14.8 Å². The van der Waals surface area contributed by atoms with Gasteiger partial charge in [0.25, 0.3) is 0 Å². The minimum Gasteiger partial charge on any atom is -0.493 e. The first kappa shape index (κ1) is 19.6. The molecule has 126 valence electrons. The van der Waals surface area contributed by atoms with E-state index in [0.29, 0.717) is 17.7 Å². The molecule has 2 rings (SSSR count). The first-order valence-electron chi connectivity index (χ1n) is 7.36. The molecule has 0 unspecified atom stereocenters. The molecule has 1 N–H and O–H groups in total. The molecule has 5 heteroatoms. The molecule has 0 saturated heterocycles. The number of nitrogens with one attached hydrogen (secondary N) is 1. The number of hydrogen-bond donors (Lipinski definition) is 1. The van der Waals surface area contributed by atoms with Crippen molar-refractivity contribution < 1.29 is 9.47 Å². The van der Waals surface area contributed by atoms with Gasteiger partial charge >= 0.3 is 0 Å². The minimum atomic E-state index is 0. The van der Waals surface area contributed by atoms with Crippen LogP contribution in [-0.4, -0.2) is 13.2 Å². The fraction of sp³-hybridized carbons (Fsp3) is 0.333. The summed E-state index contributed by atoms with van der Waals surface area (Å²) in [6.45, 7) is 5.47. The smallest absolute Gasteiger partial charge is 0.161 e. The molecule has 0 bridgehead atoms. The number of rotatable bonds is 7. The van der Waals surface area contributed by atoms with Crippen LogP contribution in [0.3, 0.4) is 0 Å². The molecule has 0 atom stereocenters. The van der Waals surface area contributed by atoms with Crippen LogP contribution in [0.2, 0.25) is 5.02 Å². The van der Waals surface area contributed by atoms with Gasteiger partial charge in [0.05, 0.1) is 7.11 Å². The molecule has 0 aliphatic rings. The molecule has 0 heterocycles. The van der Waals surface area contributed by atoms with Crippen LogP contribution < -0.4 is 14.8 Å². The summed E-state index contributed by atoms with van der Waals surface area (Å²) in [5.74, 6) is 1.45. The van der Waals surface area contributed by atoms with Crippen molar-refractivity contribution in [3.63, 3.8) is 0 Å². The lowest BCUT2D eigenvalue weighted by molar-refractivity contribution is 0.284. The Hall–Kier alpha value is -1.42. The Balaban J connectivity index is 0.00000264. The molecule has 2 aromatic rings. The van der Waals surface area contributed by atoms with E-state index in [9.17, 15) is 0 Å². The Morgan fingerprint density at radius 1 is 1.09 bits per heavy atom. The normalized spacial score (nSPS) is 10.3. The first-order chi connectivity index (χ1) is 10.6. The predicted molar refractivity (Wildman–Crippen MR) is 98.0 cm³/mol. The van der Waals surface area contributed by atoms with Crippen molar-refractivity contribution in [2.24, 2.45) is 0 Å². The van der Waals surface area contributed by atoms with Crippen molar-refractivity contribution >= 4 is 24.0 Å². The predicted octanol–water partition coefficient (Wildman–Crippen LogP) is 4.85. The van der Waals surface area contributed by atoms with Crippen LogP contribution in [-0.2, 0) is 13.2 Å².